The zero-order valence-corrected chi connectivity index (χ0v) is 2.38. The van der Waals surface area contributed by atoms with Crippen molar-refractivity contribution in [2.24, 2.45) is 4.99 Å². The van der Waals surface area contributed by atoms with Crippen molar-refractivity contribution >= 4 is 12.7 Å². The fourth-order valence-corrected chi connectivity index (χ4v) is 0.118. The number of nitrogens with zero attached hydrogens (tertiary/aromatic N) is 2. The lowest BCUT2D eigenvalue weighted by Crippen LogP contribution is -1.78. The maximum absolute atomic E-state index is 4.10. The molecule has 0 unspecified atom stereocenters. The first-order valence-corrected chi connectivity index (χ1v) is 1.13. The Hall–Kier alpha value is -0.860. The van der Waals surface area contributed by atoms with Crippen molar-refractivity contribution < 1.29 is 4.84 Å². The van der Waals surface area contributed by atoms with Gasteiger partial charge in [0.1, 0.15) is 0 Å². The molecule has 0 N–H and O–H groups in total. The SMILES string of the molecule is [C]1=NC=[N+]O1. The lowest BCUT2D eigenvalue weighted by molar-refractivity contribution is 0.294. The smallest absolute Gasteiger partial charge is 0.200 e. The minimum atomic E-state index is 1.28. The van der Waals surface area contributed by atoms with Gasteiger partial charge in [0.2, 0.25) is 0 Å². The molecule has 0 aromatic rings. The maximum atomic E-state index is 4.10. The van der Waals surface area contributed by atoms with Crippen LogP contribution in [-0.4, -0.2) is 12.7 Å². The number of hydrogen-bond acceptors (Lipinski definition) is 3. The average Bonchev–Trinajstić information content (AvgIpc) is 1.76. The molecule has 1 heterocycles. The van der Waals surface area contributed by atoms with E-state index in [0.717, 1.165) is 0 Å². The van der Waals surface area contributed by atoms with Gasteiger partial charge in [-0.3, -0.25) is 0 Å². The Morgan fingerprint density at radius 1 is 2.00 bits per heavy atom. The van der Waals surface area contributed by atoms with E-state index in [1.54, 1.807) is 0 Å². The molecule has 24 valence electrons. The molecule has 0 amide bonds. The lowest BCUT2D eigenvalue weighted by atomic mass is 11.3. The highest BCUT2D eigenvalue weighted by molar-refractivity contribution is 5.69. The second-order valence-corrected chi connectivity index (χ2v) is 0.533. The van der Waals surface area contributed by atoms with Gasteiger partial charge in [0.25, 0.3) is 0 Å². The van der Waals surface area contributed by atoms with Crippen LogP contribution in [0.4, 0.5) is 0 Å². The normalized spacial score (nSPS) is 16.0. The van der Waals surface area contributed by atoms with Gasteiger partial charge in [0.05, 0.1) is 0 Å². The second kappa shape index (κ2) is 0.839. The van der Waals surface area contributed by atoms with Crippen LogP contribution in [0.15, 0.2) is 4.99 Å². The van der Waals surface area contributed by atoms with Crippen molar-refractivity contribution in [1.82, 2.24) is 5.16 Å². The Morgan fingerprint density at radius 2 is 3.00 bits per heavy atom. The van der Waals surface area contributed by atoms with Gasteiger partial charge >= 0.3 is 12.7 Å². The van der Waals surface area contributed by atoms with Gasteiger partial charge in [-0.2, -0.15) is 4.84 Å². The fraction of sp³-hybridized carbons (Fsp3) is 0. The van der Waals surface area contributed by atoms with Crippen LogP contribution in [0, 0.1) is 0 Å². The highest BCUT2D eigenvalue weighted by atomic mass is 16.6. The molecule has 0 aliphatic carbocycles. The van der Waals surface area contributed by atoms with Crippen molar-refractivity contribution in [2.75, 3.05) is 0 Å². The summed E-state index contributed by atoms with van der Waals surface area (Å²) in [6, 6.07) is 0. The molecular weight excluding hydrogens is 68.0 g/mol. The average molecular weight is 69.0 g/mol. The minimum Gasteiger partial charge on any atom is -0.200 e. The molecular formula is C2HN2O+. The molecule has 0 saturated heterocycles. The summed E-state index contributed by atoms with van der Waals surface area (Å²) in [6.45, 7) is 0. The van der Waals surface area contributed by atoms with Crippen molar-refractivity contribution in [3.8, 4) is 0 Å². The molecule has 0 aromatic carbocycles. The second-order valence-electron chi connectivity index (χ2n) is 0.533. The summed E-state index contributed by atoms with van der Waals surface area (Å²) in [4.78, 5) is 7.42. The Kier molecular flexibility index (Phi) is 0.400. The van der Waals surface area contributed by atoms with Crippen LogP contribution in [0.2, 0.25) is 0 Å². The Labute approximate surface area is 29.0 Å². The molecule has 0 spiro atoms. The van der Waals surface area contributed by atoms with Gasteiger partial charge in [-0.15, -0.1) is 0 Å². The van der Waals surface area contributed by atoms with Crippen LogP contribution in [0.5, 0.6) is 0 Å². The van der Waals surface area contributed by atoms with Crippen LogP contribution in [0.1, 0.15) is 0 Å². The van der Waals surface area contributed by atoms with Gasteiger partial charge in [-0.05, 0) is 0 Å². The van der Waals surface area contributed by atoms with Crippen LogP contribution >= 0.6 is 0 Å². The third kappa shape index (κ3) is 0.238. The van der Waals surface area contributed by atoms with E-state index < -0.39 is 0 Å². The molecule has 1 rings (SSSR count). The van der Waals surface area contributed by atoms with Gasteiger partial charge in [0.15, 0.2) is 5.16 Å². The third-order valence-corrected chi connectivity index (χ3v) is 0.251. The van der Waals surface area contributed by atoms with E-state index in [2.05, 4.69) is 21.4 Å². The van der Waals surface area contributed by atoms with Crippen molar-refractivity contribution in [1.29, 1.82) is 0 Å². The molecule has 0 aromatic heterocycles. The van der Waals surface area contributed by atoms with Crippen molar-refractivity contribution in [3.05, 3.63) is 0 Å². The number of rotatable bonds is 0. The molecule has 0 fully saturated rings. The summed E-state index contributed by atoms with van der Waals surface area (Å²) in [5, 5.41) is 3.18. The van der Waals surface area contributed by atoms with Crippen molar-refractivity contribution in [3.63, 3.8) is 0 Å². The number of hydrogen-bond donors (Lipinski definition) is 0. The number of aliphatic imine (C=N–C) groups is 1. The molecule has 3 nitrogen and oxygen atoms in total. The first-order chi connectivity index (χ1) is 2.50. The zero-order chi connectivity index (χ0) is 3.54. The highest BCUT2D eigenvalue weighted by Gasteiger charge is 1.94. The maximum Gasteiger partial charge on any atom is 0.476 e. The summed E-state index contributed by atoms with van der Waals surface area (Å²) >= 11 is 0. The quantitative estimate of drug-likeness (QED) is 0.367. The fourth-order valence-electron chi connectivity index (χ4n) is 0.118. The number of oxime groups is 1. The molecule has 1 aliphatic rings. The molecule has 1 aliphatic heterocycles. The largest absolute Gasteiger partial charge is 0.476 e. The molecule has 2 radical (unpaired) electrons. The molecule has 5 heavy (non-hydrogen) atoms. The molecule has 0 atom stereocenters. The predicted octanol–water partition coefficient (Wildman–Crippen LogP) is -0.799. The standard InChI is InChI=1S/C2HN2O/c1-3-2-5-4-1/h1H/q+1. The molecule has 3 heteroatoms. The first kappa shape index (κ1) is 2.38. The van der Waals surface area contributed by atoms with Gasteiger partial charge in [-0.25, -0.2) is 0 Å². The summed E-state index contributed by atoms with van der Waals surface area (Å²) in [5.41, 5.74) is 0. The monoisotopic (exact) mass is 69.0 g/mol. The Bertz CT molecular complexity index is 65.7. The Morgan fingerprint density at radius 3 is 3.20 bits per heavy atom. The van der Waals surface area contributed by atoms with E-state index in [1.165, 1.54) is 6.34 Å². The lowest BCUT2D eigenvalue weighted by Gasteiger charge is -1.46. The third-order valence-electron chi connectivity index (χ3n) is 0.251. The van der Waals surface area contributed by atoms with E-state index in [1.807, 2.05) is 0 Å². The summed E-state index contributed by atoms with van der Waals surface area (Å²) in [6.07, 6.45) is 3.40. The zero-order valence-electron chi connectivity index (χ0n) is 2.38. The van der Waals surface area contributed by atoms with E-state index in [0.29, 0.717) is 0 Å². The van der Waals surface area contributed by atoms with E-state index in [9.17, 15) is 0 Å². The van der Waals surface area contributed by atoms with E-state index in [4.69, 9.17) is 0 Å². The molecule has 0 saturated carbocycles. The van der Waals surface area contributed by atoms with E-state index in [-0.39, 0.29) is 0 Å². The van der Waals surface area contributed by atoms with Gasteiger partial charge in [-0.1, -0.05) is 0 Å². The predicted molar refractivity (Wildman–Crippen MR) is 16.7 cm³/mol. The minimum absolute atomic E-state index is 1.28. The first-order valence-electron chi connectivity index (χ1n) is 1.13. The van der Waals surface area contributed by atoms with Gasteiger partial charge < -0.3 is 0 Å². The van der Waals surface area contributed by atoms with Crippen LogP contribution in [0.3, 0.4) is 0 Å². The highest BCUT2D eigenvalue weighted by Crippen LogP contribution is 1.61. The topological polar surface area (TPSA) is 35.7 Å². The van der Waals surface area contributed by atoms with Crippen LogP contribution < -0.4 is 5.16 Å². The summed E-state index contributed by atoms with van der Waals surface area (Å²) in [5.74, 6) is 0. The Balaban J connectivity index is 2.61. The summed E-state index contributed by atoms with van der Waals surface area (Å²) in [7, 11) is 0. The molecule has 0 bridgehead atoms. The van der Waals surface area contributed by atoms with Crippen LogP contribution in [0.25, 0.3) is 0 Å². The van der Waals surface area contributed by atoms with Crippen LogP contribution in [-0.2, 0) is 4.84 Å². The summed E-state index contributed by atoms with van der Waals surface area (Å²) < 4.78 is 0. The van der Waals surface area contributed by atoms with E-state index >= 15 is 0 Å². The van der Waals surface area contributed by atoms with Gasteiger partial charge in [0, 0.05) is 4.99 Å². The van der Waals surface area contributed by atoms with Crippen molar-refractivity contribution in [2.45, 2.75) is 0 Å².